The van der Waals surface area contributed by atoms with Gasteiger partial charge in [0.25, 0.3) is 0 Å². The van der Waals surface area contributed by atoms with Crippen LogP contribution in [0.2, 0.25) is 0 Å². The van der Waals surface area contributed by atoms with E-state index in [0.717, 1.165) is 25.1 Å². The zero-order valence-electron chi connectivity index (χ0n) is 12.8. The lowest BCUT2D eigenvalue weighted by atomic mass is 9.83. The molecule has 0 fully saturated rings. The van der Waals surface area contributed by atoms with Gasteiger partial charge in [-0.25, -0.2) is 0 Å². The number of hydrogen-bond acceptors (Lipinski definition) is 3. The third-order valence-electron chi connectivity index (χ3n) is 4.04. The molecular weight excluding hydrogens is 248 g/mol. The molecule has 2 rings (SSSR count). The second-order valence-electron chi connectivity index (χ2n) is 6.63. The monoisotopic (exact) mass is 274 g/mol. The van der Waals surface area contributed by atoms with E-state index in [-0.39, 0.29) is 5.41 Å². The number of nitrogens with two attached hydrogens (primary N) is 1. The first-order chi connectivity index (χ1) is 9.38. The van der Waals surface area contributed by atoms with Crippen LogP contribution in [-0.2, 0) is 0 Å². The fourth-order valence-corrected chi connectivity index (χ4v) is 2.72. The number of nitrogens with zero attached hydrogens (tertiary/aromatic N) is 1. The smallest absolute Gasteiger partial charge is 0.0936 e. The maximum Gasteiger partial charge on any atom is 0.0936 e. The topological polar surface area (TPSA) is 49.5 Å². The first-order valence-corrected chi connectivity index (χ1v) is 7.32. The van der Waals surface area contributed by atoms with Crippen molar-refractivity contribution in [1.29, 1.82) is 0 Å². The van der Waals surface area contributed by atoms with Crippen LogP contribution in [0.25, 0.3) is 0 Å². The number of β-amino-alcohol motifs (C(OH)–C–C–N with tert-alkyl or cyclic N) is 1. The number of hydrogen-bond donors (Lipinski definition) is 2. The Balaban J connectivity index is 1.96. The predicted octanol–water partition coefficient (Wildman–Crippen LogP) is 2.98. The van der Waals surface area contributed by atoms with Crippen LogP contribution >= 0.6 is 0 Å². The van der Waals surface area contributed by atoms with E-state index in [1.165, 1.54) is 5.57 Å². The highest BCUT2D eigenvalue weighted by atomic mass is 16.3. The summed E-state index contributed by atoms with van der Waals surface area (Å²) in [6.07, 6.45) is 2.88. The SMILES string of the molecule is CC(C)(C)C1=CCN(CC(O)c2ccccc2N)CC1. The Bertz CT molecular complexity index is 488. The summed E-state index contributed by atoms with van der Waals surface area (Å²) in [5.41, 5.74) is 9.19. The van der Waals surface area contributed by atoms with E-state index in [9.17, 15) is 5.11 Å². The lowest BCUT2D eigenvalue weighted by Gasteiger charge is -2.33. The Morgan fingerprint density at radius 1 is 1.30 bits per heavy atom. The zero-order chi connectivity index (χ0) is 14.8. The standard InChI is InChI=1S/C17H26N2O/c1-17(2,3)13-8-10-19(11-9-13)12-16(20)14-6-4-5-7-15(14)18/h4-8,16,20H,9-12,18H2,1-3H3. The van der Waals surface area contributed by atoms with Crippen LogP contribution in [0.15, 0.2) is 35.9 Å². The number of rotatable bonds is 3. The quantitative estimate of drug-likeness (QED) is 0.658. The molecule has 20 heavy (non-hydrogen) atoms. The number of benzene rings is 1. The van der Waals surface area contributed by atoms with E-state index >= 15 is 0 Å². The Morgan fingerprint density at radius 2 is 2.00 bits per heavy atom. The third kappa shape index (κ3) is 3.62. The van der Waals surface area contributed by atoms with Gasteiger partial charge in [-0.2, -0.15) is 0 Å². The van der Waals surface area contributed by atoms with E-state index in [4.69, 9.17) is 5.73 Å². The molecule has 1 aromatic carbocycles. The molecule has 3 nitrogen and oxygen atoms in total. The molecule has 0 amide bonds. The van der Waals surface area contributed by atoms with Gasteiger partial charge in [-0.1, -0.05) is 50.6 Å². The minimum absolute atomic E-state index is 0.258. The average Bonchev–Trinajstić information content (AvgIpc) is 2.38. The normalized spacial score (nSPS) is 18.7. The highest BCUT2D eigenvalue weighted by Crippen LogP contribution is 2.30. The minimum Gasteiger partial charge on any atom is -0.398 e. The molecule has 0 aromatic heterocycles. The van der Waals surface area contributed by atoms with E-state index in [2.05, 4.69) is 31.7 Å². The predicted molar refractivity (Wildman–Crippen MR) is 84.4 cm³/mol. The van der Waals surface area contributed by atoms with Crippen LogP contribution in [0, 0.1) is 5.41 Å². The molecule has 1 atom stereocenters. The lowest BCUT2D eigenvalue weighted by Crippen LogP contribution is -2.34. The van der Waals surface area contributed by atoms with E-state index in [1.807, 2.05) is 24.3 Å². The van der Waals surface area contributed by atoms with Gasteiger partial charge in [0.05, 0.1) is 6.10 Å². The summed E-state index contributed by atoms with van der Waals surface area (Å²) < 4.78 is 0. The third-order valence-corrected chi connectivity index (χ3v) is 4.04. The molecular formula is C17H26N2O. The summed E-state index contributed by atoms with van der Waals surface area (Å²) in [7, 11) is 0. The number of anilines is 1. The van der Waals surface area contributed by atoms with Crippen LogP contribution in [0.1, 0.15) is 38.9 Å². The van der Waals surface area contributed by atoms with Gasteiger partial charge in [0.1, 0.15) is 0 Å². The van der Waals surface area contributed by atoms with Gasteiger partial charge in [-0.15, -0.1) is 0 Å². The van der Waals surface area contributed by atoms with Crippen LogP contribution in [-0.4, -0.2) is 29.6 Å². The van der Waals surface area contributed by atoms with Crippen molar-refractivity contribution in [2.45, 2.75) is 33.3 Å². The molecule has 1 aliphatic rings. The molecule has 1 aliphatic heterocycles. The minimum atomic E-state index is -0.513. The van der Waals surface area contributed by atoms with Crippen molar-refractivity contribution in [3.8, 4) is 0 Å². The van der Waals surface area contributed by atoms with Crippen molar-refractivity contribution in [1.82, 2.24) is 4.90 Å². The van der Waals surface area contributed by atoms with E-state index in [0.29, 0.717) is 12.2 Å². The maximum absolute atomic E-state index is 10.3. The summed E-state index contributed by atoms with van der Waals surface area (Å²) in [5.74, 6) is 0. The number of nitrogen functional groups attached to an aromatic ring is 1. The summed E-state index contributed by atoms with van der Waals surface area (Å²) in [5, 5.41) is 10.3. The summed E-state index contributed by atoms with van der Waals surface area (Å²) in [6, 6.07) is 7.56. The molecule has 0 saturated heterocycles. The van der Waals surface area contributed by atoms with Crippen LogP contribution in [0.4, 0.5) is 5.69 Å². The molecule has 0 bridgehead atoms. The van der Waals surface area contributed by atoms with Gasteiger partial charge in [-0.3, -0.25) is 4.90 Å². The Labute approximate surface area is 122 Å². The molecule has 0 saturated carbocycles. The van der Waals surface area contributed by atoms with Crippen molar-refractivity contribution in [3.05, 3.63) is 41.5 Å². The van der Waals surface area contributed by atoms with Crippen LogP contribution in [0.3, 0.4) is 0 Å². The molecule has 1 aromatic rings. The van der Waals surface area contributed by atoms with Crippen molar-refractivity contribution in [3.63, 3.8) is 0 Å². The van der Waals surface area contributed by atoms with Crippen molar-refractivity contribution in [2.24, 2.45) is 5.41 Å². The van der Waals surface area contributed by atoms with Crippen molar-refractivity contribution in [2.75, 3.05) is 25.4 Å². The van der Waals surface area contributed by atoms with Crippen molar-refractivity contribution >= 4 is 5.69 Å². The number of aliphatic hydroxyl groups is 1. The average molecular weight is 274 g/mol. The highest BCUT2D eigenvalue weighted by Gasteiger charge is 2.23. The van der Waals surface area contributed by atoms with E-state index in [1.54, 1.807) is 0 Å². The fraction of sp³-hybridized carbons (Fsp3) is 0.529. The molecule has 0 radical (unpaired) electrons. The van der Waals surface area contributed by atoms with Gasteiger partial charge in [-0.05, 0) is 17.9 Å². The second kappa shape index (κ2) is 5.98. The van der Waals surface area contributed by atoms with Gasteiger partial charge < -0.3 is 10.8 Å². The first-order valence-electron chi connectivity index (χ1n) is 7.32. The van der Waals surface area contributed by atoms with Gasteiger partial charge in [0.15, 0.2) is 0 Å². The Morgan fingerprint density at radius 3 is 2.55 bits per heavy atom. The van der Waals surface area contributed by atoms with Crippen LogP contribution in [0.5, 0.6) is 0 Å². The largest absolute Gasteiger partial charge is 0.398 e. The zero-order valence-corrected chi connectivity index (χ0v) is 12.8. The summed E-state index contributed by atoms with van der Waals surface area (Å²) in [6.45, 7) is 9.33. The maximum atomic E-state index is 10.3. The van der Waals surface area contributed by atoms with Gasteiger partial charge in [0, 0.05) is 30.9 Å². The first kappa shape index (κ1) is 15.1. The Kier molecular flexibility index (Phi) is 4.51. The van der Waals surface area contributed by atoms with Crippen LogP contribution < -0.4 is 5.73 Å². The van der Waals surface area contributed by atoms with E-state index < -0.39 is 6.10 Å². The molecule has 1 heterocycles. The molecule has 3 heteroatoms. The molecule has 110 valence electrons. The molecule has 0 spiro atoms. The summed E-state index contributed by atoms with van der Waals surface area (Å²) in [4.78, 5) is 2.28. The fourth-order valence-electron chi connectivity index (χ4n) is 2.72. The lowest BCUT2D eigenvalue weighted by molar-refractivity contribution is 0.116. The Hall–Kier alpha value is -1.32. The van der Waals surface area contributed by atoms with Gasteiger partial charge >= 0.3 is 0 Å². The summed E-state index contributed by atoms with van der Waals surface area (Å²) >= 11 is 0. The molecule has 3 N–H and O–H groups in total. The number of para-hydroxylation sites is 1. The molecule has 0 aliphatic carbocycles. The van der Waals surface area contributed by atoms with Crippen molar-refractivity contribution < 1.29 is 5.11 Å². The highest BCUT2D eigenvalue weighted by molar-refractivity contribution is 5.47. The molecule has 1 unspecified atom stereocenters. The second-order valence-corrected chi connectivity index (χ2v) is 6.63. The number of aliphatic hydroxyl groups excluding tert-OH is 1. The van der Waals surface area contributed by atoms with Gasteiger partial charge in [0.2, 0.25) is 0 Å².